The first-order chi connectivity index (χ1) is 16.9. The first-order valence-electron chi connectivity index (χ1n) is 11.2. The lowest BCUT2D eigenvalue weighted by atomic mass is 9.73. The second-order valence-corrected chi connectivity index (χ2v) is 9.35. The van der Waals surface area contributed by atoms with Crippen molar-refractivity contribution in [1.29, 1.82) is 5.41 Å². The van der Waals surface area contributed by atoms with E-state index in [0.717, 1.165) is 0 Å². The van der Waals surface area contributed by atoms with Gasteiger partial charge in [-0.05, 0) is 48.7 Å². The fourth-order valence-corrected chi connectivity index (χ4v) is 5.13. The zero-order valence-corrected chi connectivity index (χ0v) is 20.1. The molecule has 0 bridgehead atoms. The minimum Gasteiger partial charge on any atom is -0.507 e. The SMILES string of the molecule is N=C1/C(=C(/O)c2ccccc2)C(c2ccc(F)cc2)C2=C(CCCC2=O)N1c1ccc(Cl)c(Cl)c1. The van der Waals surface area contributed by atoms with E-state index in [9.17, 15) is 19.7 Å². The summed E-state index contributed by atoms with van der Waals surface area (Å²) < 4.78 is 13.8. The Morgan fingerprint density at radius 1 is 0.971 bits per heavy atom. The minimum atomic E-state index is -0.717. The van der Waals surface area contributed by atoms with Crippen LogP contribution in [-0.2, 0) is 4.79 Å². The molecule has 0 fully saturated rings. The number of carbonyl (C=O) groups is 1. The van der Waals surface area contributed by atoms with Crippen molar-refractivity contribution in [2.45, 2.75) is 25.2 Å². The van der Waals surface area contributed by atoms with E-state index in [1.54, 1.807) is 59.5 Å². The number of hydrogen-bond donors (Lipinski definition) is 2. The molecule has 4 nitrogen and oxygen atoms in total. The van der Waals surface area contributed by atoms with Crippen molar-refractivity contribution in [1.82, 2.24) is 0 Å². The Bertz CT molecular complexity index is 1400. The van der Waals surface area contributed by atoms with Gasteiger partial charge in [0.25, 0.3) is 0 Å². The first kappa shape index (κ1) is 23.3. The van der Waals surface area contributed by atoms with Gasteiger partial charge in [0, 0.05) is 40.4 Å². The van der Waals surface area contributed by atoms with Crippen LogP contribution in [0.4, 0.5) is 10.1 Å². The molecule has 0 aromatic heterocycles. The van der Waals surface area contributed by atoms with Gasteiger partial charge >= 0.3 is 0 Å². The molecule has 35 heavy (non-hydrogen) atoms. The number of ketones is 1. The molecule has 0 radical (unpaired) electrons. The lowest BCUT2D eigenvalue weighted by molar-refractivity contribution is -0.116. The highest BCUT2D eigenvalue weighted by Gasteiger charge is 2.43. The van der Waals surface area contributed by atoms with Gasteiger partial charge in [-0.15, -0.1) is 0 Å². The van der Waals surface area contributed by atoms with Crippen LogP contribution in [0.2, 0.25) is 10.0 Å². The van der Waals surface area contributed by atoms with Crippen LogP contribution in [0.5, 0.6) is 0 Å². The second kappa shape index (κ2) is 9.33. The van der Waals surface area contributed by atoms with E-state index in [4.69, 9.17) is 23.2 Å². The van der Waals surface area contributed by atoms with E-state index in [-0.39, 0.29) is 23.0 Å². The number of Topliss-reactive ketones (excluding diaryl/α,β-unsaturated/α-hetero) is 1. The monoisotopic (exact) mass is 506 g/mol. The summed E-state index contributed by atoms with van der Waals surface area (Å²) in [5.41, 5.74) is 3.17. The molecule has 1 aliphatic carbocycles. The highest BCUT2D eigenvalue weighted by Crippen LogP contribution is 2.48. The molecule has 176 valence electrons. The molecule has 1 atom stereocenters. The summed E-state index contributed by atoms with van der Waals surface area (Å²) in [5.74, 6) is -1.27. The van der Waals surface area contributed by atoms with Crippen molar-refractivity contribution < 1.29 is 14.3 Å². The van der Waals surface area contributed by atoms with Crippen molar-refractivity contribution in [3.8, 4) is 0 Å². The third-order valence-electron chi connectivity index (χ3n) is 6.42. The molecule has 1 aliphatic heterocycles. The fraction of sp³-hybridized carbons (Fsp3) is 0.143. The Labute approximate surface area is 212 Å². The molecule has 0 spiro atoms. The fourth-order valence-electron chi connectivity index (χ4n) is 4.84. The number of nitrogens with zero attached hydrogens (tertiary/aromatic N) is 1. The summed E-state index contributed by atoms with van der Waals surface area (Å²) >= 11 is 12.5. The number of aliphatic hydroxyl groups excluding tert-OH is 1. The molecule has 3 aromatic rings. The summed E-state index contributed by atoms with van der Waals surface area (Å²) in [6.07, 6.45) is 1.57. The standard InChI is InChI=1S/C28H21Cl2FN2O2/c29-20-14-13-19(15-21(20)30)33-22-7-4-8-23(34)25(22)24(16-9-11-18(31)12-10-16)26(28(33)32)27(35)17-5-2-1-3-6-17/h1-3,5-6,9-15,24,32,35H,4,7-8H2/b27-26+,32-28?. The van der Waals surface area contributed by atoms with Gasteiger partial charge in [0.15, 0.2) is 5.78 Å². The molecule has 0 saturated carbocycles. The number of rotatable bonds is 3. The second-order valence-electron chi connectivity index (χ2n) is 8.53. The molecule has 1 heterocycles. The number of amidine groups is 1. The molecule has 5 rings (SSSR count). The third-order valence-corrected chi connectivity index (χ3v) is 7.16. The van der Waals surface area contributed by atoms with E-state index in [1.807, 2.05) is 6.07 Å². The molecular weight excluding hydrogens is 486 g/mol. The Balaban J connectivity index is 1.83. The average Bonchev–Trinajstić information content (AvgIpc) is 2.86. The van der Waals surface area contributed by atoms with E-state index in [1.165, 1.54) is 12.1 Å². The van der Waals surface area contributed by atoms with Crippen molar-refractivity contribution in [3.63, 3.8) is 0 Å². The quantitative estimate of drug-likeness (QED) is 0.357. The number of benzene rings is 3. The van der Waals surface area contributed by atoms with E-state index in [2.05, 4.69) is 0 Å². The molecule has 0 saturated heterocycles. The highest BCUT2D eigenvalue weighted by atomic mass is 35.5. The molecule has 2 N–H and O–H groups in total. The third kappa shape index (κ3) is 4.15. The van der Waals surface area contributed by atoms with Gasteiger partial charge in [0.05, 0.1) is 10.0 Å². The summed E-state index contributed by atoms with van der Waals surface area (Å²) in [5, 5.41) is 21.5. The first-order valence-corrected chi connectivity index (χ1v) is 12.0. The lowest BCUT2D eigenvalue weighted by Crippen LogP contribution is -2.42. The van der Waals surface area contributed by atoms with Gasteiger partial charge in [-0.3, -0.25) is 15.1 Å². The van der Waals surface area contributed by atoms with Crippen molar-refractivity contribution in [3.05, 3.63) is 117 Å². The average molecular weight is 507 g/mol. The van der Waals surface area contributed by atoms with Crippen LogP contribution in [0.1, 0.15) is 36.3 Å². The van der Waals surface area contributed by atoms with Crippen LogP contribution in [0.3, 0.4) is 0 Å². The van der Waals surface area contributed by atoms with Crippen LogP contribution in [-0.4, -0.2) is 16.7 Å². The lowest BCUT2D eigenvalue weighted by Gasteiger charge is -2.41. The van der Waals surface area contributed by atoms with Crippen molar-refractivity contribution in [2.24, 2.45) is 0 Å². The number of nitrogens with one attached hydrogen (secondary N) is 1. The van der Waals surface area contributed by atoms with Gasteiger partial charge in [0.1, 0.15) is 17.4 Å². The summed E-state index contributed by atoms with van der Waals surface area (Å²) in [4.78, 5) is 15.1. The number of halogens is 3. The van der Waals surface area contributed by atoms with Gasteiger partial charge in [-0.25, -0.2) is 4.39 Å². The molecule has 0 amide bonds. The predicted octanol–water partition coefficient (Wildman–Crippen LogP) is 7.69. The summed E-state index contributed by atoms with van der Waals surface area (Å²) in [6, 6.07) is 19.8. The number of aliphatic hydroxyl groups is 1. The van der Waals surface area contributed by atoms with E-state index >= 15 is 0 Å². The van der Waals surface area contributed by atoms with Gasteiger partial charge < -0.3 is 5.11 Å². The zero-order chi connectivity index (χ0) is 24.7. The number of hydrogen-bond acceptors (Lipinski definition) is 3. The number of carbonyl (C=O) groups excluding carboxylic acids is 1. The van der Waals surface area contributed by atoms with Crippen LogP contribution in [0.25, 0.3) is 5.76 Å². The predicted molar refractivity (Wildman–Crippen MR) is 138 cm³/mol. The molecule has 2 aliphatic rings. The van der Waals surface area contributed by atoms with E-state index in [0.29, 0.717) is 57.4 Å². The number of anilines is 1. The normalized spacial score (nSPS) is 19.6. The molecule has 3 aromatic carbocycles. The Morgan fingerprint density at radius 2 is 1.69 bits per heavy atom. The molecular formula is C28H21Cl2FN2O2. The van der Waals surface area contributed by atoms with Crippen LogP contribution in [0.15, 0.2) is 89.6 Å². The maximum Gasteiger partial charge on any atom is 0.161 e. The van der Waals surface area contributed by atoms with Crippen LogP contribution in [0, 0.1) is 11.2 Å². The Kier molecular flexibility index (Phi) is 6.22. The highest BCUT2D eigenvalue weighted by molar-refractivity contribution is 6.42. The van der Waals surface area contributed by atoms with Crippen LogP contribution < -0.4 is 4.90 Å². The topological polar surface area (TPSA) is 64.4 Å². The van der Waals surface area contributed by atoms with Crippen molar-refractivity contribution in [2.75, 3.05) is 4.90 Å². The Morgan fingerprint density at radius 3 is 2.37 bits per heavy atom. The van der Waals surface area contributed by atoms with Crippen LogP contribution >= 0.6 is 23.2 Å². The summed E-state index contributed by atoms with van der Waals surface area (Å²) in [7, 11) is 0. The van der Waals surface area contributed by atoms with Gasteiger partial charge in [-0.1, -0.05) is 65.7 Å². The van der Waals surface area contributed by atoms with E-state index < -0.39 is 11.7 Å². The minimum absolute atomic E-state index is 0.0208. The largest absolute Gasteiger partial charge is 0.507 e. The molecule has 7 heteroatoms. The maximum atomic E-state index is 13.8. The smallest absolute Gasteiger partial charge is 0.161 e. The Hall–Kier alpha value is -3.41. The summed E-state index contributed by atoms with van der Waals surface area (Å²) in [6.45, 7) is 0. The zero-order valence-electron chi connectivity index (χ0n) is 18.6. The number of allylic oxidation sites excluding steroid dienone is 2. The van der Waals surface area contributed by atoms with Crippen molar-refractivity contribution >= 4 is 46.3 Å². The van der Waals surface area contributed by atoms with Gasteiger partial charge in [-0.2, -0.15) is 0 Å². The maximum absolute atomic E-state index is 13.8. The molecule has 1 unspecified atom stereocenters. The van der Waals surface area contributed by atoms with Gasteiger partial charge in [0.2, 0.25) is 0 Å².